The highest BCUT2D eigenvalue weighted by atomic mass is 15.3. The smallest absolute Gasteiger partial charge is 0.142 e. The molecule has 1 aliphatic heterocycles. The Morgan fingerprint density at radius 1 is 1.04 bits per heavy atom. The molecule has 1 aliphatic rings. The lowest BCUT2D eigenvalue weighted by Gasteiger charge is -2.35. The van der Waals surface area contributed by atoms with Crippen molar-refractivity contribution in [3.8, 4) is 11.4 Å². The molecule has 5 rings (SSSR count). The van der Waals surface area contributed by atoms with Gasteiger partial charge in [0.1, 0.15) is 5.82 Å². The summed E-state index contributed by atoms with van der Waals surface area (Å²) in [5.74, 6) is 0.763. The zero-order valence-corrected chi connectivity index (χ0v) is 16.0. The number of fused-ring (bicyclic) bond motifs is 2. The number of benzene rings is 2. The van der Waals surface area contributed by atoms with Crippen LogP contribution in [0.2, 0.25) is 0 Å². The lowest BCUT2D eigenvalue weighted by atomic mass is 10.1. The topological polar surface area (TPSA) is 74.1 Å². The fourth-order valence-electron chi connectivity index (χ4n) is 4.00. The fourth-order valence-corrected chi connectivity index (χ4v) is 4.00. The zero-order valence-electron chi connectivity index (χ0n) is 16.0. The van der Waals surface area contributed by atoms with Gasteiger partial charge < -0.3 is 20.5 Å². The van der Waals surface area contributed by atoms with Gasteiger partial charge in [0.05, 0.1) is 27.8 Å². The number of aromatic nitrogens is 3. The normalized spacial score (nSPS) is 15.5. The summed E-state index contributed by atoms with van der Waals surface area (Å²) in [6.07, 6.45) is 1.81. The number of pyridine rings is 1. The molecule has 3 N–H and O–H groups in total. The van der Waals surface area contributed by atoms with Crippen molar-refractivity contribution in [3.05, 3.63) is 48.7 Å². The molecule has 0 unspecified atom stereocenters. The number of hydrogen-bond acceptors (Lipinski definition) is 5. The Labute approximate surface area is 164 Å². The summed E-state index contributed by atoms with van der Waals surface area (Å²) in [5, 5.41) is 0.954. The van der Waals surface area contributed by atoms with E-state index in [1.165, 1.54) is 5.69 Å². The number of aromatic amines is 1. The van der Waals surface area contributed by atoms with E-state index in [9.17, 15) is 0 Å². The van der Waals surface area contributed by atoms with Crippen LogP contribution in [0.3, 0.4) is 0 Å². The molecular formula is C22H24N6. The SMILES string of the molecule is CCN1CCN(c2ccc3nc(-c4cnc5ccccc5c4N)[nH]c3c2)CC1. The van der Waals surface area contributed by atoms with Crippen LogP contribution in [-0.4, -0.2) is 52.6 Å². The summed E-state index contributed by atoms with van der Waals surface area (Å²) in [7, 11) is 0. The zero-order chi connectivity index (χ0) is 19.1. The maximum Gasteiger partial charge on any atom is 0.142 e. The molecule has 0 bridgehead atoms. The maximum absolute atomic E-state index is 6.43. The fraction of sp³-hybridized carbons (Fsp3) is 0.273. The van der Waals surface area contributed by atoms with Crippen molar-refractivity contribution in [2.45, 2.75) is 6.92 Å². The van der Waals surface area contributed by atoms with Gasteiger partial charge in [-0.3, -0.25) is 4.98 Å². The van der Waals surface area contributed by atoms with Crippen molar-refractivity contribution in [1.29, 1.82) is 0 Å². The van der Waals surface area contributed by atoms with Crippen molar-refractivity contribution in [3.63, 3.8) is 0 Å². The number of likely N-dealkylation sites (N-methyl/N-ethyl adjacent to an activating group) is 1. The first-order chi connectivity index (χ1) is 13.7. The average molecular weight is 372 g/mol. The number of piperazine rings is 1. The highest BCUT2D eigenvalue weighted by Gasteiger charge is 2.17. The van der Waals surface area contributed by atoms with Crippen molar-refractivity contribution in [1.82, 2.24) is 19.9 Å². The Morgan fingerprint density at radius 3 is 2.68 bits per heavy atom. The standard InChI is InChI=1S/C22H24N6/c1-2-27-9-11-28(12-10-27)15-7-8-19-20(13-15)26-22(25-19)17-14-24-18-6-4-3-5-16(18)21(17)23/h3-8,13-14H,2,9-12H2,1H3,(H2,23,24)(H,25,26). The van der Waals surface area contributed by atoms with E-state index in [-0.39, 0.29) is 0 Å². The van der Waals surface area contributed by atoms with E-state index in [1.807, 2.05) is 24.3 Å². The van der Waals surface area contributed by atoms with Crippen LogP contribution in [0.4, 0.5) is 11.4 Å². The molecule has 6 heteroatoms. The van der Waals surface area contributed by atoms with Crippen LogP contribution < -0.4 is 10.6 Å². The second kappa shape index (κ2) is 6.80. The highest BCUT2D eigenvalue weighted by Crippen LogP contribution is 2.31. The van der Waals surface area contributed by atoms with E-state index >= 15 is 0 Å². The van der Waals surface area contributed by atoms with E-state index < -0.39 is 0 Å². The van der Waals surface area contributed by atoms with Gasteiger partial charge in [-0.25, -0.2) is 4.98 Å². The average Bonchev–Trinajstić information content (AvgIpc) is 3.17. The quantitative estimate of drug-likeness (QED) is 0.576. The maximum atomic E-state index is 6.43. The summed E-state index contributed by atoms with van der Waals surface area (Å²) in [6.45, 7) is 7.69. The van der Waals surface area contributed by atoms with E-state index in [4.69, 9.17) is 10.7 Å². The highest BCUT2D eigenvalue weighted by molar-refractivity contribution is 5.97. The number of nitrogen functional groups attached to an aromatic ring is 1. The van der Waals surface area contributed by atoms with Gasteiger partial charge in [0.25, 0.3) is 0 Å². The third kappa shape index (κ3) is 2.86. The Bertz CT molecular complexity index is 1140. The Morgan fingerprint density at radius 2 is 1.86 bits per heavy atom. The predicted molar refractivity (Wildman–Crippen MR) is 116 cm³/mol. The minimum absolute atomic E-state index is 0.709. The first kappa shape index (κ1) is 17.0. The van der Waals surface area contributed by atoms with Crippen molar-refractivity contribution < 1.29 is 0 Å². The Kier molecular flexibility index (Phi) is 4.13. The first-order valence-corrected chi connectivity index (χ1v) is 9.83. The van der Waals surface area contributed by atoms with Crippen LogP contribution in [-0.2, 0) is 0 Å². The second-order valence-electron chi connectivity index (χ2n) is 7.31. The third-order valence-electron chi connectivity index (χ3n) is 5.72. The van der Waals surface area contributed by atoms with Crippen LogP contribution in [0, 0.1) is 0 Å². The molecule has 4 aromatic rings. The van der Waals surface area contributed by atoms with Gasteiger partial charge in [-0.15, -0.1) is 0 Å². The van der Waals surface area contributed by atoms with E-state index in [2.05, 4.69) is 44.9 Å². The Hall–Kier alpha value is -3.12. The molecule has 142 valence electrons. The van der Waals surface area contributed by atoms with Gasteiger partial charge in [0, 0.05) is 43.4 Å². The summed E-state index contributed by atoms with van der Waals surface area (Å²) < 4.78 is 0. The van der Waals surface area contributed by atoms with Crippen LogP contribution >= 0.6 is 0 Å². The second-order valence-corrected chi connectivity index (χ2v) is 7.31. The largest absolute Gasteiger partial charge is 0.398 e. The number of anilines is 2. The molecular weight excluding hydrogens is 348 g/mol. The van der Waals surface area contributed by atoms with Crippen molar-refractivity contribution >= 4 is 33.3 Å². The van der Waals surface area contributed by atoms with Crippen molar-refractivity contribution in [2.24, 2.45) is 0 Å². The van der Waals surface area contributed by atoms with E-state index in [0.717, 1.165) is 66.0 Å². The number of nitrogens with one attached hydrogen (secondary N) is 1. The van der Waals surface area contributed by atoms with Gasteiger partial charge in [-0.2, -0.15) is 0 Å². The van der Waals surface area contributed by atoms with Gasteiger partial charge in [-0.05, 0) is 30.8 Å². The summed E-state index contributed by atoms with van der Waals surface area (Å²) >= 11 is 0. The van der Waals surface area contributed by atoms with Crippen molar-refractivity contribution in [2.75, 3.05) is 43.4 Å². The molecule has 1 saturated heterocycles. The number of nitrogens with two attached hydrogens (primary N) is 1. The van der Waals surface area contributed by atoms with Crippen LogP contribution in [0.5, 0.6) is 0 Å². The first-order valence-electron chi connectivity index (χ1n) is 9.83. The summed E-state index contributed by atoms with van der Waals surface area (Å²) in [5.41, 5.74) is 12.1. The lowest BCUT2D eigenvalue weighted by Crippen LogP contribution is -2.46. The molecule has 2 aromatic heterocycles. The van der Waals surface area contributed by atoms with Crippen LogP contribution in [0.15, 0.2) is 48.7 Å². The number of hydrogen-bond donors (Lipinski definition) is 2. The predicted octanol–water partition coefficient (Wildman–Crippen LogP) is 3.50. The molecule has 0 amide bonds. The lowest BCUT2D eigenvalue weighted by molar-refractivity contribution is 0.271. The van der Waals surface area contributed by atoms with Crippen LogP contribution in [0.1, 0.15) is 6.92 Å². The van der Waals surface area contributed by atoms with Gasteiger partial charge in [-0.1, -0.05) is 25.1 Å². The number of H-pyrrole nitrogens is 1. The summed E-state index contributed by atoms with van der Waals surface area (Å²) in [4.78, 5) is 17.7. The minimum Gasteiger partial charge on any atom is -0.398 e. The molecule has 0 radical (unpaired) electrons. The van der Waals surface area contributed by atoms with Crippen LogP contribution in [0.25, 0.3) is 33.3 Å². The van der Waals surface area contributed by atoms with Gasteiger partial charge in [0.2, 0.25) is 0 Å². The van der Waals surface area contributed by atoms with E-state index in [0.29, 0.717) is 5.69 Å². The molecule has 0 atom stereocenters. The molecule has 1 fully saturated rings. The number of rotatable bonds is 3. The molecule has 28 heavy (non-hydrogen) atoms. The number of imidazole rings is 1. The molecule has 3 heterocycles. The number of para-hydroxylation sites is 1. The van der Waals surface area contributed by atoms with E-state index in [1.54, 1.807) is 6.20 Å². The molecule has 0 saturated carbocycles. The molecule has 6 nitrogen and oxygen atoms in total. The van der Waals surface area contributed by atoms with Gasteiger partial charge in [0.15, 0.2) is 0 Å². The third-order valence-corrected chi connectivity index (χ3v) is 5.72. The van der Waals surface area contributed by atoms with Gasteiger partial charge >= 0.3 is 0 Å². The number of nitrogens with zero attached hydrogens (tertiary/aromatic N) is 4. The molecule has 2 aromatic carbocycles. The monoisotopic (exact) mass is 372 g/mol. The Balaban J connectivity index is 1.50. The molecule has 0 aliphatic carbocycles. The molecule has 0 spiro atoms. The minimum atomic E-state index is 0.709. The summed E-state index contributed by atoms with van der Waals surface area (Å²) in [6, 6.07) is 14.4.